The van der Waals surface area contributed by atoms with Gasteiger partial charge in [-0.15, -0.1) is 0 Å². The lowest BCUT2D eigenvalue weighted by Gasteiger charge is -2.18. The molecule has 0 aliphatic heterocycles. The molecule has 0 radical (unpaired) electrons. The van der Waals surface area contributed by atoms with E-state index < -0.39 is 5.91 Å². The van der Waals surface area contributed by atoms with Crippen LogP contribution in [0.25, 0.3) is 22.8 Å². The van der Waals surface area contributed by atoms with Crippen LogP contribution in [0.2, 0.25) is 0 Å². The predicted octanol–water partition coefficient (Wildman–Crippen LogP) is 4.45. The molecule has 0 aliphatic carbocycles. The van der Waals surface area contributed by atoms with Crippen LogP contribution in [-0.2, 0) is 5.41 Å². The molecule has 0 atom stereocenters. The monoisotopic (exact) mass is 349 g/mol. The fraction of sp³-hybridized carbons (Fsp3) is 0.238. The minimum absolute atomic E-state index is 0.0632. The maximum absolute atomic E-state index is 11.8. The summed E-state index contributed by atoms with van der Waals surface area (Å²) in [5.74, 6) is 0.154. The number of oxazole rings is 1. The van der Waals surface area contributed by atoms with Crippen molar-refractivity contribution < 1.29 is 9.21 Å². The number of primary amides is 1. The largest absolute Gasteiger partial charge is 0.435 e. The number of benzene rings is 2. The van der Waals surface area contributed by atoms with Crippen LogP contribution in [0, 0.1) is 0 Å². The normalized spacial score (nSPS) is 11.4. The zero-order chi connectivity index (χ0) is 18.9. The number of nitrogens with two attached hydrogens (primary N) is 1. The van der Waals surface area contributed by atoms with Crippen LogP contribution >= 0.6 is 0 Å². The predicted molar refractivity (Wildman–Crippen MR) is 104 cm³/mol. The van der Waals surface area contributed by atoms with E-state index in [1.54, 1.807) is 0 Å². The van der Waals surface area contributed by atoms with Gasteiger partial charge in [-0.2, -0.15) is 0 Å². The third kappa shape index (κ3) is 3.47. The van der Waals surface area contributed by atoms with Crippen molar-refractivity contribution in [2.24, 2.45) is 5.73 Å². The Morgan fingerprint density at radius 3 is 2.08 bits per heavy atom. The molecule has 0 saturated carbocycles. The first-order valence-corrected chi connectivity index (χ1v) is 8.49. The van der Waals surface area contributed by atoms with Crippen LogP contribution in [0.3, 0.4) is 0 Å². The minimum Gasteiger partial charge on any atom is -0.435 e. The van der Waals surface area contributed by atoms with Gasteiger partial charge in [-0.25, -0.2) is 4.98 Å². The number of aromatic nitrogens is 1. The van der Waals surface area contributed by atoms with Gasteiger partial charge >= 0.3 is 0 Å². The molecule has 0 unspecified atom stereocenters. The van der Waals surface area contributed by atoms with Gasteiger partial charge in [-0.05, 0) is 47.4 Å². The van der Waals surface area contributed by atoms with Crippen molar-refractivity contribution in [3.63, 3.8) is 0 Å². The Kier molecular flexibility index (Phi) is 4.55. The summed E-state index contributed by atoms with van der Waals surface area (Å²) in [5.41, 5.74) is 9.44. The third-order valence-electron chi connectivity index (χ3n) is 4.29. The number of rotatable bonds is 4. The molecular formula is C21H23N3O2. The zero-order valence-corrected chi connectivity index (χ0v) is 15.5. The first-order valence-electron chi connectivity index (χ1n) is 8.49. The molecule has 1 heterocycles. The molecular weight excluding hydrogens is 326 g/mol. The molecule has 3 rings (SSSR count). The van der Waals surface area contributed by atoms with Crippen molar-refractivity contribution in [2.75, 3.05) is 12.4 Å². The average molecular weight is 349 g/mol. The Labute approximate surface area is 153 Å². The molecule has 3 N–H and O–H groups in total. The van der Waals surface area contributed by atoms with Gasteiger partial charge < -0.3 is 15.5 Å². The summed E-state index contributed by atoms with van der Waals surface area (Å²) in [4.78, 5) is 16.2. The number of hydrogen-bond donors (Lipinski definition) is 2. The van der Waals surface area contributed by atoms with Crippen LogP contribution < -0.4 is 11.1 Å². The van der Waals surface area contributed by atoms with E-state index in [1.807, 2.05) is 55.6 Å². The van der Waals surface area contributed by atoms with Gasteiger partial charge in [0.15, 0.2) is 11.5 Å². The lowest BCUT2D eigenvalue weighted by Crippen LogP contribution is -2.12. The van der Waals surface area contributed by atoms with Gasteiger partial charge in [0, 0.05) is 23.9 Å². The van der Waals surface area contributed by atoms with Gasteiger partial charge in [-0.1, -0.05) is 32.9 Å². The first kappa shape index (κ1) is 17.7. The molecule has 5 heteroatoms. The highest BCUT2D eigenvalue weighted by Crippen LogP contribution is 2.31. The first-order chi connectivity index (χ1) is 12.3. The highest BCUT2D eigenvalue weighted by atomic mass is 16.4. The summed E-state index contributed by atoms with van der Waals surface area (Å²) >= 11 is 0. The van der Waals surface area contributed by atoms with Crippen molar-refractivity contribution in [1.82, 2.24) is 4.98 Å². The summed E-state index contributed by atoms with van der Waals surface area (Å²) < 4.78 is 5.91. The minimum atomic E-state index is -0.612. The van der Waals surface area contributed by atoms with Crippen molar-refractivity contribution >= 4 is 11.6 Å². The molecule has 0 saturated heterocycles. The molecule has 0 spiro atoms. The summed E-state index contributed by atoms with van der Waals surface area (Å²) in [6, 6.07) is 15.5. The van der Waals surface area contributed by atoms with Crippen LogP contribution in [-0.4, -0.2) is 17.9 Å². The van der Waals surface area contributed by atoms with Crippen LogP contribution in [0.5, 0.6) is 0 Å². The molecule has 1 amide bonds. The van der Waals surface area contributed by atoms with Crippen LogP contribution in [0.4, 0.5) is 5.69 Å². The van der Waals surface area contributed by atoms with Gasteiger partial charge in [0.25, 0.3) is 5.91 Å². The molecule has 0 fully saturated rings. The number of hydrogen-bond acceptors (Lipinski definition) is 4. The number of nitrogens with zero attached hydrogens (tertiary/aromatic N) is 1. The fourth-order valence-electron chi connectivity index (χ4n) is 2.71. The summed E-state index contributed by atoms with van der Waals surface area (Å²) in [7, 11) is 1.84. The quantitative estimate of drug-likeness (QED) is 0.729. The number of amides is 1. The molecule has 0 aliphatic rings. The van der Waals surface area contributed by atoms with Gasteiger partial charge in [0.1, 0.15) is 0 Å². The van der Waals surface area contributed by atoms with E-state index in [-0.39, 0.29) is 11.1 Å². The van der Waals surface area contributed by atoms with E-state index in [0.717, 1.165) is 16.8 Å². The lowest BCUT2D eigenvalue weighted by atomic mass is 9.87. The molecule has 2 aromatic carbocycles. The highest BCUT2D eigenvalue weighted by molar-refractivity contribution is 5.97. The maximum atomic E-state index is 11.8. The van der Waals surface area contributed by atoms with Gasteiger partial charge in [0.2, 0.25) is 5.89 Å². The second-order valence-corrected chi connectivity index (χ2v) is 7.22. The summed E-state index contributed by atoms with van der Waals surface area (Å²) in [6.45, 7) is 6.47. The topological polar surface area (TPSA) is 81.2 Å². The second kappa shape index (κ2) is 6.67. The van der Waals surface area contributed by atoms with E-state index in [2.05, 4.69) is 31.1 Å². The van der Waals surface area contributed by atoms with E-state index >= 15 is 0 Å². The molecule has 3 aromatic rings. The average Bonchev–Trinajstić information content (AvgIpc) is 3.07. The molecule has 134 valence electrons. The van der Waals surface area contributed by atoms with Crippen molar-refractivity contribution in [1.29, 1.82) is 0 Å². The molecule has 5 nitrogen and oxygen atoms in total. The van der Waals surface area contributed by atoms with Crippen molar-refractivity contribution in [3.8, 4) is 22.8 Å². The highest BCUT2D eigenvalue weighted by Gasteiger charge is 2.21. The Bertz CT molecular complexity index is 917. The van der Waals surface area contributed by atoms with E-state index in [1.165, 1.54) is 5.56 Å². The van der Waals surface area contributed by atoms with Crippen molar-refractivity contribution in [2.45, 2.75) is 26.2 Å². The third-order valence-corrected chi connectivity index (χ3v) is 4.29. The lowest BCUT2D eigenvalue weighted by molar-refractivity contribution is 0.0996. The number of carbonyl (C=O) groups excluding carboxylic acids is 1. The van der Waals surface area contributed by atoms with E-state index in [0.29, 0.717) is 11.7 Å². The second-order valence-electron chi connectivity index (χ2n) is 7.22. The Hall–Kier alpha value is -3.08. The van der Waals surface area contributed by atoms with Crippen LogP contribution in [0.1, 0.15) is 36.8 Å². The van der Waals surface area contributed by atoms with E-state index in [4.69, 9.17) is 10.2 Å². The number of anilines is 1. The van der Waals surface area contributed by atoms with Gasteiger partial charge in [0.05, 0.1) is 0 Å². The Morgan fingerprint density at radius 1 is 1.00 bits per heavy atom. The maximum Gasteiger partial charge on any atom is 0.271 e. The smallest absolute Gasteiger partial charge is 0.271 e. The SMILES string of the molecule is CNc1ccc(-c2oc(-c3ccc(C(C)(C)C)cc3)nc2C(N)=O)cc1. The van der Waals surface area contributed by atoms with Crippen molar-refractivity contribution in [3.05, 3.63) is 59.8 Å². The Morgan fingerprint density at radius 2 is 1.58 bits per heavy atom. The fourth-order valence-corrected chi connectivity index (χ4v) is 2.71. The zero-order valence-electron chi connectivity index (χ0n) is 15.5. The van der Waals surface area contributed by atoms with Gasteiger partial charge in [-0.3, -0.25) is 4.79 Å². The van der Waals surface area contributed by atoms with E-state index in [9.17, 15) is 4.79 Å². The summed E-state index contributed by atoms with van der Waals surface area (Å²) in [6.07, 6.45) is 0. The van der Waals surface area contributed by atoms with Crippen LogP contribution in [0.15, 0.2) is 52.9 Å². The number of carbonyl (C=O) groups is 1. The number of nitrogens with one attached hydrogen (secondary N) is 1. The molecule has 1 aromatic heterocycles. The molecule has 26 heavy (non-hydrogen) atoms. The summed E-state index contributed by atoms with van der Waals surface area (Å²) in [5, 5.41) is 3.05. The molecule has 0 bridgehead atoms. The standard InChI is InChI=1S/C21H23N3O2/c1-21(2,3)15-9-5-14(6-10-15)20-24-17(19(22)25)18(26-20)13-7-11-16(23-4)12-8-13/h5-12,23H,1-4H3,(H2,22,25). The Balaban J connectivity index is 2.03.